The van der Waals surface area contributed by atoms with Gasteiger partial charge in [-0.25, -0.2) is 0 Å². The first-order valence-corrected chi connectivity index (χ1v) is 12.2. The van der Waals surface area contributed by atoms with Gasteiger partial charge in [0, 0.05) is 34.6 Å². The molecule has 0 saturated heterocycles. The highest BCUT2D eigenvalue weighted by Crippen LogP contribution is 2.46. The van der Waals surface area contributed by atoms with Crippen molar-refractivity contribution in [3.05, 3.63) is 144 Å². The molecule has 0 radical (unpaired) electrons. The average molecular weight is 470 g/mol. The molecule has 0 aliphatic carbocycles. The summed E-state index contributed by atoms with van der Waals surface area (Å²) in [6, 6.07) is 44.3. The molecule has 0 fully saturated rings. The molecule has 1 unspecified atom stereocenters. The average Bonchev–Trinajstić information content (AvgIpc) is 2.96. The Kier molecular flexibility index (Phi) is 5.88. The Morgan fingerprint density at radius 2 is 1.42 bits per heavy atom. The normalized spacial score (nSPS) is 13.8. The van der Waals surface area contributed by atoms with Gasteiger partial charge in [-0.15, -0.1) is 0 Å². The summed E-state index contributed by atoms with van der Waals surface area (Å²) in [6.45, 7) is 0.769. The molecule has 1 atom stereocenters. The first-order valence-electron chi connectivity index (χ1n) is 12.2. The summed E-state index contributed by atoms with van der Waals surface area (Å²) >= 11 is 0. The van der Waals surface area contributed by atoms with Gasteiger partial charge in [-0.3, -0.25) is 0 Å². The van der Waals surface area contributed by atoms with Gasteiger partial charge < -0.3 is 14.4 Å². The van der Waals surface area contributed by atoms with E-state index in [1.54, 1.807) is 7.11 Å². The fourth-order valence-electron chi connectivity index (χ4n) is 4.92. The number of hydrogen-bond donors (Lipinski definition) is 0. The Balaban J connectivity index is 1.50. The molecule has 0 amide bonds. The van der Waals surface area contributed by atoms with Crippen molar-refractivity contribution >= 4 is 11.4 Å². The molecule has 0 N–H and O–H groups in total. The molecule has 0 saturated carbocycles. The lowest BCUT2D eigenvalue weighted by atomic mass is 9.89. The topological polar surface area (TPSA) is 21.7 Å². The molecule has 3 heteroatoms. The summed E-state index contributed by atoms with van der Waals surface area (Å²) in [5.41, 5.74) is 8.06. The number of rotatable bonds is 6. The molecule has 5 aromatic rings. The zero-order valence-corrected chi connectivity index (χ0v) is 20.2. The molecular formula is C33H27NO2. The fourth-order valence-corrected chi connectivity index (χ4v) is 4.92. The maximum atomic E-state index is 6.63. The van der Waals surface area contributed by atoms with E-state index in [1.165, 1.54) is 11.1 Å². The SMILES string of the molecule is COc1cccc(C2Oc3ccccc3-c3ccc(N(Cc4ccccc4)c4ccccc4)cc32)c1. The van der Waals surface area contributed by atoms with E-state index < -0.39 is 0 Å². The Labute approximate surface area is 212 Å². The summed E-state index contributed by atoms with van der Waals surface area (Å²) in [7, 11) is 1.70. The molecule has 6 rings (SSSR count). The predicted octanol–water partition coefficient (Wildman–Crippen LogP) is 8.18. The van der Waals surface area contributed by atoms with Gasteiger partial charge in [0.25, 0.3) is 0 Å². The molecule has 0 bridgehead atoms. The van der Waals surface area contributed by atoms with E-state index in [0.717, 1.165) is 46.1 Å². The summed E-state index contributed by atoms with van der Waals surface area (Å²) in [4.78, 5) is 2.36. The van der Waals surface area contributed by atoms with Crippen molar-refractivity contribution in [1.82, 2.24) is 0 Å². The smallest absolute Gasteiger partial charge is 0.150 e. The van der Waals surface area contributed by atoms with Crippen LogP contribution in [0.25, 0.3) is 11.1 Å². The van der Waals surface area contributed by atoms with Gasteiger partial charge in [0.15, 0.2) is 0 Å². The quantitative estimate of drug-likeness (QED) is 0.250. The summed E-state index contributed by atoms with van der Waals surface area (Å²) in [5.74, 6) is 1.72. The molecule has 176 valence electrons. The number of ether oxygens (including phenoxy) is 2. The number of nitrogens with zero attached hydrogens (tertiary/aromatic N) is 1. The van der Waals surface area contributed by atoms with Crippen molar-refractivity contribution in [1.29, 1.82) is 0 Å². The minimum Gasteiger partial charge on any atom is -0.497 e. The highest BCUT2D eigenvalue weighted by Gasteiger charge is 2.28. The largest absolute Gasteiger partial charge is 0.497 e. The third-order valence-corrected chi connectivity index (χ3v) is 6.70. The van der Waals surface area contributed by atoms with E-state index >= 15 is 0 Å². The van der Waals surface area contributed by atoms with Gasteiger partial charge in [0.05, 0.1) is 7.11 Å². The summed E-state index contributed by atoms with van der Waals surface area (Å²) in [5, 5.41) is 0. The van der Waals surface area contributed by atoms with E-state index in [0.29, 0.717) is 0 Å². The minimum absolute atomic E-state index is 0.237. The summed E-state index contributed by atoms with van der Waals surface area (Å²) in [6.07, 6.45) is -0.237. The van der Waals surface area contributed by atoms with Crippen LogP contribution in [0.4, 0.5) is 11.4 Å². The van der Waals surface area contributed by atoms with Crippen molar-refractivity contribution < 1.29 is 9.47 Å². The zero-order chi connectivity index (χ0) is 24.3. The van der Waals surface area contributed by atoms with Crippen LogP contribution >= 0.6 is 0 Å². The fraction of sp³-hybridized carbons (Fsp3) is 0.0909. The van der Waals surface area contributed by atoms with Crippen LogP contribution < -0.4 is 14.4 Å². The number of anilines is 2. The molecule has 5 aromatic carbocycles. The van der Waals surface area contributed by atoms with Gasteiger partial charge in [-0.2, -0.15) is 0 Å². The van der Waals surface area contributed by atoms with Crippen LogP contribution in [-0.2, 0) is 6.54 Å². The van der Waals surface area contributed by atoms with Crippen LogP contribution in [0.2, 0.25) is 0 Å². The monoisotopic (exact) mass is 469 g/mol. The number of methoxy groups -OCH3 is 1. The Morgan fingerprint density at radius 1 is 0.667 bits per heavy atom. The Hall–Kier alpha value is -4.50. The van der Waals surface area contributed by atoms with Crippen LogP contribution in [0, 0.1) is 0 Å². The highest BCUT2D eigenvalue weighted by molar-refractivity contribution is 5.79. The van der Waals surface area contributed by atoms with Gasteiger partial charge in [-0.05, 0) is 53.6 Å². The second-order valence-electron chi connectivity index (χ2n) is 8.95. The zero-order valence-electron chi connectivity index (χ0n) is 20.2. The molecule has 36 heavy (non-hydrogen) atoms. The number of hydrogen-bond acceptors (Lipinski definition) is 3. The van der Waals surface area contributed by atoms with Gasteiger partial charge in [0.2, 0.25) is 0 Å². The minimum atomic E-state index is -0.237. The molecular weight excluding hydrogens is 442 g/mol. The van der Waals surface area contributed by atoms with E-state index in [-0.39, 0.29) is 6.10 Å². The third kappa shape index (κ3) is 4.20. The second-order valence-corrected chi connectivity index (χ2v) is 8.95. The number of benzene rings is 5. The summed E-state index contributed by atoms with van der Waals surface area (Å²) < 4.78 is 12.2. The standard InChI is InChI=1S/C33H27NO2/c1-35-28-16-10-13-25(21-28)33-31-22-27(19-20-29(31)30-17-8-9-18-32(30)36-33)34(26-14-6-3-7-15-26)23-24-11-4-2-5-12-24/h2-22,33H,23H2,1H3. The maximum Gasteiger partial charge on any atom is 0.150 e. The highest BCUT2D eigenvalue weighted by atomic mass is 16.5. The Bertz CT molecular complexity index is 1480. The van der Waals surface area contributed by atoms with Crippen LogP contribution in [0.1, 0.15) is 22.8 Å². The predicted molar refractivity (Wildman–Crippen MR) is 146 cm³/mol. The van der Waals surface area contributed by atoms with Crippen molar-refractivity contribution in [2.24, 2.45) is 0 Å². The van der Waals surface area contributed by atoms with Crippen LogP contribution in [0.3, 0.4) is 0 Å². The molecule has 0 spiro atoms. The van der Waals surface area contributed by atoms with E-state index in [4.69, 9.17) is 9.47 Å². The van der Waals surface area contributed by atoms with Gasteiger partial charge in [-0.1, -0.05) is 84.9 Å². The third-order valence-electron chi connectivity index (χ3n) is 6.70. The lowest BCUT2D eigenvalue weighted by Crippen LogP contribution is -2.19. The lowest BCUT2D eigenvalue weighted by Gasteiger charge is -2.32. The molecule has 1 aliphatic rings. The van der Waals surface area contributed by atoms with E-state index in [9.17, 15) is 0 Å². The van der Waals surface area contributed by atoms with Crippen LogP contribution in [0.15, 0.2) is 127 Å². The number of para-hydroxylation sites is 2. The van der Waals surface area contributed by atoms with Crippen LogP contribution in [-0.4, -0.2) is 7.11 Å². The molecule has 1 heterocycles. The maximum absolute atomic E-state index is 6.63. The van der Waals surface area contributed by atoms with Crippen molar-refractivity contribution in [2.75, 3.05) is 12.0 Å². The van der Waals surface area contributed by atoms with Crippen molar-refractivity contribution in [3.63, 3.8) is 0 Å². The van der Waals surface area contributed by atoms with E-state index in [2.05, 4.69) is 108 Å². The van der Waals surface area contributed by atoms with Gasteiger partial charge >= 0.3 is 0 Å². The van der Waals surface area contributed by atoms with Crippen molar-refractivity contribution in [2.45, 2.75) is 12.6 Å². The first-order chi connectivity index (χ1) is 17.8. The van der Waals surface area contributed by atoms with Gasteiger partial charge in [0.1, 0.15) is 17.6 Å². The number of fused-ring (bicyclic) bond motifs is 3. The molecule has 3 nitrogen and oxygen atoms in total. The Morgan fingerprint density at radius 3 is 2.22 bits per heavy atom. The second kappa shape index (κ2) is 9.63. The van der Waals surface area contributed by atoms with E-state index in [1.807, 2.05) is 24.3 Å². The molecule has 0 aromatic heterocycles. The lowest BCUT2D eigenvalue weighted by molar-refractivity contribution is 0.243. The van der Waals surface area contributed by atoms with Crippen molar-refractivity contribution in [3.8, 4) is 22.6 Å². The van der Waals surface area contributed by atoms with Crippen LogP contribution in [0.5, 0.6) is 11.5 Å². The first kappa shape index (κ1) is 22.0. The molecule has 1 aliphatic heterocycles.